The van der Waals surface area contributed by atoms with Crippen molar-refractivity contribution in [3.8, 4) is 22.3 Å². The minimum atomic E-state index is -0.991. The molecule has 24 heavy (non-hydrogen) atoms. The van der Waals surface area contributed by atoms with Gasteiger partial charge in [-0.2, -0.15) is 0 Å². The van der Waals surface area contributed by atoms with Gasteiger partial charge >= 0.3 is 11.9 Å². The van der Waals surface area contributed by atoms with Gasteiger partial charge in [-0.05, 0) is 41.5 Å². The summed E-state index contributed by atoms with van der Waals surface area (Å²) in [5.74, 6) is -1.98. The van der Waals surface area contributed by atoms with E-state index >= 15 is 0 Å². The number of hydrogen-bond acceptors (Lipinski definition) is 3. The Kier molecular flexibility index (Phi) is 4.07. The smallest absolute Gasteiger partial charge is 0.335 e. The lowest BCUT2D eigenvalue weighted by atomic mass is 9.99. The highest BCUT2D eigenvalue weighted by molar-refractivity contribution is 5.90. The molecule has 0 aliphatic carbocycles. The van der Waals surface area contributed by atoms with Gasteiger partial charge in [-0.1, -0.05) is 24.3 Å². The van der Waals surface area contributed by atoms with Crippen molar-refractivity contribution in [3.05, 3.63) is 78.1 Å². The van der Waals surface area contributed by atoms with Crippen LogP contribution in [-0.2, 0) is 0 Å². The van der Waals surface area contributed by atoms with Gasteiger partial charge in [0, 0.05) is 23.5 Å². The highest BCUT2D eigenvalue weighted by Gasteiger charge is 2.08. The van der Waals surface area contributed by atoms with Crippen LogP contribution < -0.4 is 0 Å². The number of carboxylic acid groups (broad SMARTS) is 2. The van der Waals surface area contributed by atoms with Gasteiger partial charge in [0.15, 0.2) is 0 Å². The first-order chi connectivity index (χ1) is 11.5. The molecule has 118 valence electrons. The first-order valence-corrected chi connectivity index (χ1v) is 7.17. The topological polar surface area (TPSA) is 87.5 Å². The van der Waals surface area contributed by atoms with Crippen molar-refractivity contribution in [1.29, 1.82) is 0 Å². The lowest BCUT2D eigenvalue weighted by molar-refractivity contribution is 0.0686. The number of hydrogen-bond donors (Lipinski definition) is 2. The van der Waals surface area contributed by atoms with Crippen LogP contribution in [0, 0.1) is 0 Å². The summed E-state index contributed by atoms with van der Waals surface area (Å²) in [5.41, 5.74) is 3.39. The second-order valence-corrected chi connectivity index (χ2v) is 5.23. The normalized spacial score (nSPS) is 10.3. The zero-order valence-corrected chi connectivity index (χ0v) is 12.5. The zero-order valence-electron chi connectivity index (χ0n) is 12.5. The number of rotatable bonds is 4. The molecule has 3 aromatic rings. The predicted molar refractivity (Wildman–Crippen MR) is 89.0 cm³/mol. The van der Waals surface area contributed by atoms with E-state index in [2.05, 4.69) is 4.98 Å². The third-order valence-electron chi connectivity index (χ3n) is 3.62. The molecule has 0 saturated carbocycles. The average Bonchev–Trinajstić information content (AvgIpc) is 2.62. The van der Waals surface area contributed by atoms with Crippen molar-refractivity contribution in [3.63, 3.8) is 0 Å². The molecule has 0 fully saturated rings. The number of aromatic carboxylic acids is 2. The summed E-state index contributed by atoms with van der Waals surface area (Å²) in [7, 11) is 0. The van der Waals surface area contributed by atoms with E-state index in [1.54, 1.807) is 48.8 Å². The summed E-state index contributed by atoms with van der Waals surface area (Å²) >= 11 is 0. The van der Waals surface area contributed by atoms with E-state index < -0.39 is 11.9 Å². The zero-order chi connectivity index (χ0) is 17.1. The van der Waals surface area contributed by atoms with Crippen molar-refractivity contribution in [2.45, 2.75) is 0 Å². The lowest BCUT2D eigenvalue weighted by Crippen LogP contribution is -1.96. The fourth-order valence-corrected chi connectivity index (χ4v) is 2.42. The van der Waals surface area contributed by atoms with E-state index in [0.717, 1.165) is 22.3 Å². The van der Waals surface area contributed by atoms with E-state index in [4.69, 9.17) is 10.2 Å². The highest BCUT2D eigenvalue weighted by Crippen LogP contribution is 2.26. The number of carbonyl (C=O) groups is 2. The van der Waals surface area contributed by atoms with E-state index in [1.165, 1.54) is 12.1 Å². The van der Waals surface area contributed by atoms with Crippen molar-refractivity contribution in [1.82, 2.24) is 4.98 Å². The van der Waals surface area contributed by atoms with Crippen molar-refractivity contribution in [2.24, 2.45) is 0 Å². The molecule has 2 aromatic carbocycles. The average molecular weight is 319 g/mol. The van der Waals surface area contributed by atoms with Crippen molar-refractivity contribution >= 4 is 11.9 Å². The van der Waals surface area contributed by atoms with Crippen molar-refractivity contribution in [2.75, 3.05) is 0 Å². The number of aromatic nitrogens is 1. The molecule has 3 rings (SSSR count). The molecule has 0 aliphatic rings. The standard InChI is InChI=1S/C19H13NO4/c21-18(22)14-5-1-3-12(7-14)16-9-17(11-20-10-16)13-4-2-6-15(8-13)19(23)24/h1-11H,(H,21,22)(H,23,24). The molecule has 0 atom stereocenters. The Balaban J connectivity index is 2.04. The molecule has 5 nitrogen and oxygen atoms in total. The summed E-state index contributed by atoms with van der Waals surface area (Å²) in [6.07, 6.45) is 3.29. The molecular weight excluding hydrogens is 306 g/mol. The van der Waals surface area contributed by atoms with E-state index in [0.29, 0.717) is 0 Å². The minimum Gasteiger partial charge on any atom is -0.478 e. The Morgan fingerprint density at radius 1 is 0.667 bits per heavy atom. The summed E-state index contributed by atoms with van der Waals surface area (Å²) in [4.78, 5) is 26.4. The van der Waals surface area contributed by atoms with Crippen LogP contribution in [0.2, 0.25) is 0 Å². The van der Waals surface area contributed by atoms with Crippen LogP contribution in [0.25, 0.3) is 22.3 Å². The minimum absolute atomic E-state index is 0.200. The Labute approximate surface area is 137 Å². The molecule has 0 bridgehead atoms. The molecule has 0 amide bonds. The van der Waals surface area contributed by atoms with Gasteiger partial charge in [0.05, 0.1) is 11.1 Å². The molecule has 0 saturated heterocycles. The highest BCUT2D eigenvalue weighted by atomic mass is 16.4. The third-order valence-corrected chi connectivity index (χ3v) is 3.62. The van der Waals surface area contributed by atoms with Crippen LogP contribution in [0.15, 0.2) is 67.0 Å². The maximum Gasteiger partial charge on any atom is 0.335 e. The van der Waals surface area contributed by atoms with Gasteiger partial charge < -0.3 is 10.2 Å². The summed E-state index contributed by atoms with van der Waals surface area (Å²) in [6.45, 7) is 0. The maximum atomic E-state index is 11.1. The van der Waals surface area contributed by atoms with Gasteiger partial charge in [0.1, 0.15) is 0 Å². The van der Waals surface area contributed by atoms with Crippen LogP contribution in [0.3, 0.4) is 0 Å². The SMILES string of the molecule is O=C(O)c1cccc(-c2cncc(-c3cccc(C(=O)O)c3)c2)c1. The van der Waals surface area contributed by atoms with Crippen LogP contribution in [0.5, 0.6) is 0 Å². The Bertz CT molecular complexity index is 861. The molecular formula is C19H13NO4. The van der Waals surface area contributed by atoms with Crippen LogP contribution >= 0.6 is 0 Å². The third kappa shape index (κ3) is 3.15. The van der Waals surface area contributed by atoms with Gasteiger partial charge in [-0.3, -0.25) is 4.98 Å². The van der Waals surface area contributed by atoms with Crippen LogP contribution in [0.1, 0.15) is 20.7 Å². The lowest BCUT2D eigenvalue weighted by Gasteiger charge is -2.07. The molecule has 2 N–H and O–H groups in total. The van der Waals surface area contributed by atoms with E-state index in [9.17, 15) is 9.59 Å². The Morgan fingerprint density at radius 2 is 1.12 bits per heavy atom. The quantitative estimate of drug-likeness (QED) is 0.763. The Hall–Kier alpha value is -3.47. The second kappa shape index (κ2) is 6.34. The molecule has 1 heterocycles. The largest absolute Gasteiger partial charge is 0.478 e. The predicted octanol–water partition coefficient (Wildman–Crippen LogP) is 3.81. The fourth-order valence-electron chi connectivity index (χ4n) is 2.42. The van der Waals surface area contributed by atoms with Crippen molar-refractivity contribution < 1.29 is 19.8 Å². The second-order valence-electron chi connectivity index (χ2n) is 5.23. The molecule has 0 unspecified atom stereocenters. The maximum absolute atomic E-state index is 11.1. The van der Waals surface area contributed by atoms with Gasteiger partial charge in [0.25, 0.3) is 0 Å². The number of carboxylic acids is 2. The monoisotopic (exact) mass is 319 g/mol. The number of nitrogens with zero attached hydrogens (tertiary/aromatic N) is 1. The number of benzene rings is 2. The van der Waals surface area contributed by atoms with Crippen LogP contribution in [0.4, 0.5) is 0 Å². The molecule has 0 aliphatic heterocycles. The first-order valence-electron chi connectivity index (χ1n) is 7.17. The molecule has 0 spiro atoms. The summed E-state index contributed by atoms with van der Waals surface area (Å²) < 4.78 is 0. The van der Waals surface area contributed by atoms with Gasteiger partial charge in [-0.25, -0.2) is 9.59 Å². The van der Waals surface area contributed by atoms with Gasteiger partial charge in [-0.15, -0.1) is 0 Å². The van der Waals surface area contributed by atoms with Gasteiger partial charge in [0.2, 0.25) is 0 Å². The molecule has 5 heteroatoms. The Morgan fingerprint density at radius 3 is 1.54 bits per heavy atom. The summed E-state index contributed by atoms with van der Waals surface area (Å²) in [5, 5.41) is 18.2. The molecule has 1 aromatic heterocycles. The number of pyridine rings is 1. The summed E-state index contributed by atoms with van der Waals surface area (Å²) in [6, 6.07) is 15.0. The molecule has 0 radical (unpaired) electrons. The fraction of sp³-hybridized carbons (Fsp3) is 0. The van der Waals surface area contributed by atoms with Crippen LogP contribution in [-0.4, -0.2) is 27.1 Å². The van der Waals surface area contributed by atoms with E-state index in [1.807, 2.05) is 6.07 Å². The first kappa shape index (κ1) is 15.4. The van der Waals surface area contributed by atoms with E-state index in [-0.39, 0.29) is 11.1 Å².